The van der Waals surface area contributed by atoms with Gasteiger partial charge in [-0.2, -0.15) is 14.9 Å². The Hall–Kier alpha value is -2.95. The molecule has 1 amide bonds. The van der Waals surface area contributed by atoms with Crippen molar-refractivity contribution in [3.63, 3.8) is 0 Å². The van der Waals surface area contributed by atoms with Crippen LogP contribution in [-0.2, 0) is 4.79 Å². The summed E-state index contributed by atoms with van der Waals surface area (Å²) >= 11 is 0. The number of hydrogen-bond acceptors (Lipinski definition) is 6. The van der Waals surface area contributed by atoms with Crippen LogP contribution >= 0.6 is 0 Å². The van der Waals surface area contributed by atoms with E-state index in [1.807, 2.05) is 13.0 Å². The van der Waals surface area contributed by atoms with Gasteiger partial charge >= 0.3 is 0 Å². The number of carbonyl (C=O) groups excluding carboxylic acids is 1. The maximum atomic E-state index is 10.8. The molecule has 8 nitrogen and oxygen atoms in total. The lowest BCUT2D eigenvalue weighted by atomic mass is 10.1. The van der Waals surface area contributed by atoms with E-state index in [1.165, 1.54) is 12.6 Å². The molecule has 2 aromatic heterocycles. The van der Waals surface area contributed by atoms with E-state index in [-0.39, 0.29) is 6.04 Å². The molecule has 124 valence electrons. The van der Waals surface area contributed by atoms with E-state index in [0.29, 0.717) is 29.6 Å². The number of piperidine rings is 1. The van der Waals surface area contributed by atoms with Gasteiger partial charge in [0.15, 0.2) is 11.6 Å². The summed E-state index contributed by atoms with van der Waals surface area (Å²) in [6, 6.07) is 5.16. The summed E-state index contributed by atoms with van der Waals surface area (Å²) in [6.07, 6.45) is 5.63. The first kappa shape index (κ1) is 15.9. The van der Waals surface area contributed by atoms with Gasteiger partial charge in [0.2, 0.25) is 12.4 Å². The lowest BCUT2D eigenvalue weighted by Crippen LogP contribution is -2.30. The predicted molar refractivity (Wildman–Crippen MR) is 87.5 cm³/mol. The fourth-order valence-electron chi connectivity index (χ4n) is 2.74. The molecule has 1 N–H and O–H groups in total. The Bertz CT molecular complexity index is 741. The lowest BCUT2D eigenvalue weighted by molar-refractivity contribution is -0.110. The van der Waals surface area contributed by atoms with Crippen molar-refractivity contribution in [1.82, 2.24) is 25.1 Å². The molecule has 1 fully saturated rings. The number of rotatable bonds is 5. The molecule has 1 aliphatic heterocycles. The SMILES string of the molecule is C[C@H](NC=O)c1nc(N2CCCCC2)nn1-c1ccc(C#N)cn1. The minimum atomic E-state index is -0.300. The van der Waals surface area contributed by atoms with Crippen molar-refractivity contribution < 1.29 is 4.79 Å². The highest BCUT2D eigenvalue weighted by Gasteiger charge is 2.22. The van der Waals surface area contributed by atoms with E-state index in [1.54, 1.807) is 16.8 Å². The maximum Gasteiger partial charge on any atom is 0.245 e. The van der Waals surface area contributed by atoms with E-state index in [9.17, 15) is 4.79 Å². The topological polar surface area (TPSA) is 99.7 Å². The zero-order chi connectivity index (χ0) is 16.9. The van der Waals surface area contributed by atoms with Crippen LogP contribution in [0.5, 0.6) is 0 Å². The number of pyridine rings is 1. The number of nitrogens with one attached hydrogen (secondary N) is 1. The Morgan fingerprint density at radius 2 is 2.12 bits per heavy atom. The van der Waals surface area contributed by atoms with Crippen molar-refractivity contribution in [2.75, 3.05) is 18.0 Å². The molecular weight excluding hydrogens is 306 g/mol. The molecule has 0 saturated carbocycles. The Kier molecular flexibility index (Phi) is 4.70. The maximum absolute atomic E-state index is 10.8. The van der Waals surface area contributed by atoms with Gasteiger partial charge < -0.3 is 10.2 Å². The van der Waals surface area contributed by atoms with Crippen LogP contribution in [0.3, 0.4) is 0 Å². The summed E-state index contributed by atoms with van der Waals surface area (Å²) in [7, 11) is 0. The molecular formula is C16H19N7O. The third kappa shape index (κ3) is 3.20. The zero-order valence-corrected chi connectivity index (χ0v) is 13.5. The second-order valence-corrected chi connectivity index (χ2v) is 5.75. The first-order chi connectivity index (χ1) is 11.7. The molecule has 3 rings (SSSR count). The highest BCUT2D eigenvalue weighted by atomic mass is 16.1. The van der Waals surface area contributed by atoms with E-state index in [4.69, 9.17) is 5.26 Å². The van der Waals surface area contributed by atoms with Crippen molar-refractivity contribution >= 4 is 12.4 Å². The van der Waals surface area contributed by atoms with Crippen LogP contribution in [0.25, 0.3) is 5.82 Å². The fraction of sp³-hybridized carbons (Fsp3) is 0.438. The van der Waals surface area contributed by atoms with Crippen LogP contribution in [0.1, 0.15) is 43.6 Å². The van der Waals surface area contributed by atoms with Crippen molar-refractivity contribution in [1.29, 1.82) is 5.26 Å². The second-order valence-electron chi connectivity index (χ2n) is 5.75. The second kappa shape index (κ2) is 7.08. The molecule has 8 heteroatoms. The summed E-state index contributed by atoms with van der Waals surface area (Å²) in [5.41, 5.74) is 0.482. The third-order valence-electron chi connectivity index (χ3n) is 4.06. The van der Waals surface area contributed by atoms with E-state index in [0.717, 1.165) is 25.9 Å². The number of aromatic nitrogens is 4. The highest BCUT2D eigenvalue weighted by Crippen LogP contribution is 2.21. The van der Waals surface area contributed by atoms with Gasteiger partial charge in [0.05, 0.1) is 11.6 Å². The van der Waals surface area contributed by atoms with E-state index in [2.05, 4.69) is 25.3 Å². The normalized spacial score (nSPS) is 15.6. The van der Waals surface area contributed by atoms with Crippen LogP contribution in [0, 0.1) is 11.3 Å². The Morgan fingerprint density at radius 3 is 2.75 bits per heavy atom. The summed E-state index contributed by atoms with van der Waals surface area (Å²) < 4.78 is 1.63. The van der Waals surface area contributed by atoms with Gasteiger partial charge in [-0.1, -0.05) is 0 Å². The van der Waals surface area contributed by atoms with E-state index < -0.39 is 0 Å². The average Bonchev–Trinajstić information content (AvgIpc) is 3.08. The molecule has 0 radical (unpaired) electrons. The largest absolute Gasteiger partial charge is 0.349 e. The summed E-state index contributed by atoms with van der Waals surface area (Å²) in [6.45, 7) is 3.71. The first-order valence-electron chi connectivity index (χ1n) is 8.01. The number of nitriles is 1. The predicted octanol–water partition coefficient (Wildman–Crippen LogP) is 1.33. The zero-order valence-electron chi connectivity index (χ0n) is 13.5. The van der Waals surface area contributed by atoms with Gasteiger partial charge in [-0.25, -0.2) is 4.98 Å². The molecule has 0 aromatic carbocycles. The smallest absolute Gasteiger partial charge is 0.245 e. The molecule has 2 aromatic rings. The van der Waals surface area contributed by atoms with Crippen molar-refractivity contribution in [3.8, 4) is 11.9 Å². The molecule has 1 aliphatic rings. The van der Waals surface area contributed by atoms with Crippen LogP contribution in [0.4, 0.5) is 5.95 Å². The van der Waals surface area contributed by atoms with Crippen molar-refractivity contribution in [3.05, 3.63) is 29.7 Å². The van der Waals surface area contributed by atoms with Gasteiger partial charge in [-0.15, -0.1) is 5.10 Å². The first-order valence-corrected chi connectivity index (χ1v) is 8.01. The van der Waals surface area contributed by atoms with E-state index >= 15 is 0 Å². The minimum absolute atomic E-state index is 0.300. The molecule has 3 heterocycles. The van der Waals surface area contributed by atoms with Crippen LogP contribution in [-0.4, -0.2) is 39.2 Å². The summed E-state index contributed by atoms with van der Waals surface area (Å²) in [5.74, 6) is 1.83. The van der Waals surface area contributed by atoms with Gasteiger partial charge in [0.1, 0.15) is 6.07 Å². The van der Waals surface area contributed by atoms with Crippen LogP contribution in [0.2, 0.25) is 0 Å². The molecule has 0 spiro atoms. The molecule has 24 heavy (non-hydrogen) atoms. The average molecular weight is 325 g/mol. The van der Waals surface area contributed by atoms with Gasteiger partial charge in [0, 0.05) is 19.3 Å². The van der Waals surface area contributed by atoms with Crippen molar-refractivity contribution in [2.24, 2.45) is 0 Å². The Morgan fingerprint density at radius 1 is 1.33 bits per heavy atom. The Labute approximate surface area is 140 Å². The van der Waals surface area contributed by atoms with Gasteiger partial charge in [-0.05, 0) is 38.3 Å². The van der Waals surface area contributed by atoms with Gasteiger partial charge in [0.25, 0.3) is 0 Å². The third-order valence-corrected chi connectivity index (χ3v) is 4.06. The van der Waals surface area contributed by atoms with Crippen LogP contribution < -0.4 is 10.2 Å². The molecule has 1 atom stereocenters. The monoisotopic (exact) mass is 325 g/mol. The molecule has 1 saturated heterocycles. The number of nitrogens with zero attached hydrogens (tertiary/aromatic N) is 6. The summed E-state index contributed by atoms with van der Waals surface area (Å²) in [5, 5.41) is 16.2. The summed E-state index contributed by atoms with van der Waals surface area (Å²) in [4.78, 5) is 21.9. The van der Waals surface area contributed by atoms with Gasteiger partial charge in [-0.3, -0.25) is 4.79 Å². The fourth-order valence-corrected chi connectivity index (χ4v) is 2.74. The highest BCUT2D eigenvalue weighted by molar-refractivity contribution is 5.47. The quantitative estimate of drug-likeness (QED) is 0.833. The standard InChI is InChI=1S/C16H19N7O/c1-12(19-11-24)15-20-16(22-7-3-2-4-8-22)21-23(15)14-6-5-13(9-17)10-18-14/h5-6,10-12H,2-4,7-8H2,1H3,(H,19,24)/t12-/m0/s1. The molecule has 0 unspecified atom stereocenters. The van der Waals surface area contributed by atoms with Crippen LogP contribution in [0.15, 0.2) is 18.3 Å². The minimum Gasteiger partial charge on any atom is -0.349 e. The van der Waals surface area contributed by atoms with Crippen molar-refractivity contribution in [2.45, 2.75) is 32.2 Å². The number of hydrogen-bond donors (Lipinski definition) is 1. The number of anilines is 1. The molecule has 0 bridgehead atoms. The number of amides is 1. The number of carbonyl (C=O) groups is 1. The molecule has 0 aliphatic carbocycles. The lowest BCUT2D eigenvalue weighted by Gasteiger charge is -2.25. The Balaban J connectivity index is 1.99.